The molecule has 0 fully saturated rings. The fourth-order valence-electron chi connectivity index (χ4n) is 2.98. The third kappa shape index (κ3) is 4.06. The number of aryl methyl sites for hydroxylation is 1. The number of ether oxygens (including phenoxy) is 3. The number of fused-ring (bicyclic) bond motifs is 1. The molecule has 28 heavy (non-hydrogen) atoms. The Morgan fingerprint density at radius 3 is 2.71 bits per heavy atom. The Balaban J connectivity index is 1.45. The first-order valence-electron chi connectivity index (χ1n) is 8.97. The van der Waals surface area contributed by atoms with Crippen LogP contribution in [0.2, 0.25) is 0 Å². The van der Waals surface area contributed by atoms with Gasteiger partial charge in [0.25, 0.3) is 5.91 Å². The summed E-state index contributed by atoms with van der Waals surface area (Å²) in [7, 11) is 0. The van der Waals surface area contributed by atoms with Gasteiger partial charge in [0.15, 0.2) is 18.1 Å². The molecule has 1 aliphatic heterocycles. The van der Waals surface area contributed by atoms with Crippen molar-refractivity contribution >= 4 is 5.91 Å². The maximum absolute atomic E-state index is 12.6. The second kappa shape index (κ2) is 8.00. The molecule has 2 heterocycles. The van der Waals surface area contributed by atoms with E-state index in [4.69, 9.17) is 14.2 Å². The van der Waals surface area contributed by atoms with Crippen LogP contribution in [0.1, 0.15) is 22.7 Å². The van der Waals surface area contributed by atoms with E-state index in [-0.39, 0.29) is 25.3 Å². The predicted molar refractivity (Wildman–Crippen MR) is 103 cm³/mol. The van der Waals surface area contributed by atoms with E-state index < -0.39 is 0 Å². The molecule has 1 N–H and O–H groups in total. The van der Waals surface area contributed by atoms with Gasteiger partial charge < -0.3 is 19.5 Å². The maximum Gasteiger partial charge on any atom is 0.258 e. The summed E-state index contributed by atoms with van der Waals surface area (Å²) in [5.74, 6) is 1.61. The molecule has 1 atom stereocenters. The number of amides is 1. The molecule has 142 valence electrons. The summed E-state index contributed by atoms with van der Waals surface area (Å²) < 4.78 is 16.2. The average Bonchev–Trinajstić information content (AvgIpc) is 3.20. The van der Waals surface area contributed by atoms with Crippen LogP contribution in [0, 0.1) is 6.92 Å². The summed E-state index contributed by atoms with van der Waals surface area (Å²) in [6.07, 6.45) is 3.46. The van der Waals surface area contributed by atoms with Crippen LogP contribution in [-0.2, 0) is 4.79 Å². The zero-order valence-electron chi connectivity index (χ0n) is 15.4. The van der Waals surface area contributed by atoms with Crippen LogP contribution >= 0.6 is 0 Å². The molecule has 0 saturated heterocycles. The van der Waals surface area contributed by atoms with Crippen molar-refractivity contribution in [2.75, 3.05) is 13.4 Å². The molecule has 1 aromatic heterocycles. The molecule has 1 aliphatic rings. The van der Waals surface area contributed by atoms with Crippen LogP contribution in [0.4, 0.5) is 0 Å². The lowest BCUT2D eigenvalue weighted by Gasteiger charge is -2.20. The molecule has 3 aromatic rings. The Bertz CT molecular complexity index is 958. The Kier molecular flexibility index (Phi) is 5.10. The van der Waals surface area contributed by atoms with Crippen molar-refractivity contribution in [2.24, 2.45) is 0 Å². The van der Waals surface area contributed by atoms with Crippen LogP contribution in [0.3, 0.4) is 0 Å². The third-order valence-electron chi connectivity index (χ3n) is 4.45. The van der Waals surface area contributed by atoms with E-state index in [1.165, 1.54) is 0 Å². The smallest absolute Gasteiger partial charge is 0.258 e. The minimum atomic E-state index is -0.304. The zero-order chi connectivity index (χ0) is 19.3. The van der Waals surface area contributed by atoms with Crippen molar-refractivity contribution in [1.29, 1.82) is 0 Å². The maximum atomic E-state index is 12.6. The summed E-state index contributed by atoms with van der Waals surface area (Å²) >= 11 is 0. The molecular formula is C22H20N2O4. The van der Waals surface area contributed by atoms with Gasteiger partial charge in [-0.15, -0.1) is 0 Å². The molecular weight excluding hydrogens is 356 g/mol. The first-order valence-corrected chi connectivity index (χ1v) is 8.97. The van der Waals surface area contributed by atoms with E-state index in [1.54, 1.807) is 30.6 Å². The zero-order valence-corrected chi connectivity index (χ0v) is 15.4. The number of aromatic nitrogens is 1. The molecule has 0 unspecified atom stereocenters. The standard InChI is InChI=1S/C22H20N2O4/c1-15-4-6-16(7-5-15)22(17-3-2-10-23-12-17)24-21(25)13-26-18-8-9-19-20(11-18)28-14-27-19/h2-12,22H,13-14H2,1H3,(H,24,25)/t22-/m0/s1. The number of hydrogen-bond donors (Lipinski definition) is 1. The summed E-state index contributed by atoms with van der Waals surface area (Å²) in [5, 5.41) is 3.03. The first kappa shape index (κ1) is 17.9. The van der Waals surface area contributed by atoms with E-state index >= 15 is 0 Å². The lowest BCUT2D eigenvalue weighted by atomic mass is 9.99. The molecule has 0 bridgehead atoms. The highest BCUT2D eigenvalue weighted by atomic mass is 16.7. The number of pyridine rings is 1. The molecule has 1 amide bonds. The summed E-state index contributed by atoms with van der Waals surface area (Å²) in [4.78, 5) is 16.7. The van der Waals surface area contributed by atoms with Crippen LogP contribution < -0.4 is 19.5 Å². The van der Waals surface area contributed by atoms with Gasteiger partial charge in [0.2, 0.25) is 6.79 Å². The highest BCUT2D eigenvalue weighted by Crippen LogP contribution is 2.35. The van der Waals surface area contributed by atoms with Gasteiger partial charge in [-0.25, -0.2) is 0 Å². The molecule has 4 rings (SSSR count). The van der Waals surface area contributed by atoms with Gasteiger partial charge in [0.05, 0.1) is 6.04 Å². The van der Waals surface area contributed by atoms with Gasteiger partial charge in [-0.1, -0.05) is 35.9 Å². The lowest BCUT2D eigenvalue weighted by molar-refractivity contribution is -0.123. The van der Waals surface area contributed by atoms with Gasteiger partial charge in [0.1, 0.15) is 5.75 Å². The SMILES string of the molecule is Cc1ccc([C@H](NC(=O)COc2ccc3c(c2)OCO3)c2cccnc2)cc1. The van der Waals surface area contributed by atoms with E-state index in [9.17, 15) is 4.79 Å². The van der Waals surface area contributed by atoms with Gasteiger partial charge >= 0.3 is 0 Å². The third-order valence-corrected chi connectivity index (χ3v) is 4.45. The number of carbonyl (C=O) groups excluding carboxylic acids is 1. The van der Waals surface area contributed by atoms with E-state index in [0.717, 1.165) is 16.7 Å². The number of nitrogens with one attached hydrogen (secondary N) is 1. The molecule has 0 radical (unpaired) electrons. The number of nitrogens with zero attached hydrogens (tertiary/aromatic N) is 1. The van der Waals surface area contributed by atoms with Crippen molar-refractivity contribution in [3.63, 3.8) is 0 Å². The van der Waals surface area contributed by atoms with Gasteiger partial charge in [-0.3, -0.25) is 9.78 Å². The minimum absolute atomic E-state index is 0.109. The highest BCUT2D eigenvalue weighted by molar-refractivity contribution is 5.78. The molecule has 6 heteroatoms. The predicted octanol–water partition coefficient (Wildman–Crippen LogP) is 3.40. The van der Waals surface area contributed by atoms with Crippen molar-refractivity contribution < 1.29 is 19.0 Å². The van der Waals surface area contributed by atoms with Crippen molar-refractivity contribution in [2.45, 2.75) is 13.0 Å². The van der Waals surface area contributed by atoms with E-state index in [2.05, 4.69) is 10.3 Å². The van der Waals surface area contributed by atoms with Crippen LogP contribution in [-0.4, -0.2) is 24.3 Å². The Morgan fingerprint density at radius 2 is 1.93 bits per heavy atom. The Labute approximate surface area is 163 Å². The summed E-state index contributed by atoms with van der Waals surface area (Å²) in [5.41, 5.74) is 3.05. The molecule has 0 aliphatic carbocycles. The topological polar surface area (TPSA) is 69.7 Å². The van der Waals surface area contributed by atoms with Crippen LogP contribution in [0.15, 0.2) is 67.0 Å². The first-order chi connectivity index (χ1) is 13.7. The van der Waals surface area contributed by atoms with Crippen LogP contribution in [0.5, 0.6) is 17.2 Å². The number of hydrogen-bond acceptors (Lipinski definition) is 5. The highest BCUT2D eigenvalue weighted by Gasteiger charge is 2.18. The Hall–Kier alpha value is -3.54. The molecule has 6 nitrogen and oxygen atoms in total. The lowest BCUT2D eigenvalue weighted by Crippen LogP contribution is -2.33. The van der Waals surface area contributed by atoms with Crippen LogP contribution in [0.25, 0.3) is 0 Å². The number of carbonyl (C=O) groups is 1. The van der Waals surface area contributed by atoms with Crippen molar-refractivity contribution in [3.05, 3.63) is 83.7 Å². The molecule has 0 spiro atoms. The van der Waals surface area contributed by atoms with E-state index in [1.807, 2.05) is 43.3 Å². The second-order valence-corrected chi connectivity index (χ2v) is 6.50. The molecule has 2 aromatic carbocycles. The fraction of sp³-hybridized carbons (Fsp3) is 0.182. The molecule has 0 saturated carbocycles. The quantitative estimate of drug-likeness (QED) is 0.714. The Morgan fingerprint density at radius 1 is 1.11 bits per heavy atom. The minimum Gasteiger partial charge on any atom is -0.484 e. The second-order valence-electron chi connectivity index (χ2n) is 6.50. The summed E-state index contributed by atoms with van der Waals surface area (Å²) in [6.45, 7) is 2.12. The fourth-order valence-corrected chi connectivity index (χ4v) is 2.98. The van der Waals surface area contributed by atoms with Gasteiger partial charge in [-0.2, -0.15) is 0 Å². The van der Waals surface area contributed by atoms with Gasteiger partial charge in [-0.05, 0) is 36.2 Å². The normalized spacial score (nSPS) is 13.0. The van der Waals surface area contributed by atoms with Crippen molar-refractivity contribution in [3.8, 4) is 17.2 Å². The summed E-state index contributed by atoms with van der Waals surface area (Å²) in [6, 6.07) is 16.8. The van der Waals surface area contributed by atoms with E-state index in [0.29, 0.717) is 17.2 Å². The largest absolute Gasteiger partial charge is 0.484 e. The number of rotatable bonds is 6. The number of benzene rings is 2. The average molecular weight is 376 g/mol. The monoisotopic (exact) mass is 376 g/mol. The van der Waals surface area contributed by atoms with Crippen molar-refractivity contribution in [1.82, 2.24) is 10.3 Å². The van der Waals surface area contributed by atoms with Gasteiger partial charge in [0, 0.05) is 18.5 Å².